The van der Waals surface area contributed by atoms with E-state index in [2.05, 4.69) is 6.58 Å². The number of hydrogen-bond donors (Lipinski definition) is 0. The summed E-state index contributed by atoms with van der Waals surface area (Å²) < 4.78 is 5.39. The van der Waals surface area contributed by atoms with Gasteiger partial charge >= 0.3 is 0 Å². The van der Waals surface area contributed by atoms with Crippen molar-refractivity contribution in [2.75, 3.05) is 24.6 Å². The lowest BCUT2D eigenvalue weighted by atomic mass is 10.3. The van der Waals surface area contributed by atoms with Gasteiger partial charge < -0.3 is 9.64 Å². The largest absolute Gasteiger partial charge is 0.494 e. The average Bonchev–Trinajstić information content (AvgIpc) is 2.69. The molecule has 1 amide bonds. The number of carbonyl (C=O) groups excluding carboxylic acids is 1. The normalized spacial score (nSPS) is 15.0. The van der Waals surface area contributed by atoms with E-state index in [1.807, 2.05) is 36.1 Å². The highest BCUT2D eigenvalue weighted by Gasteiger charge is 2.32. The molecular formula is C14H16N2O2S. The van der Waals surface area contributed by atoms with Gasteiger partial charge in [-0.2, -0.15) is 0 Å². The van der Waals surface area contributed by atoms with Gasteiger partial charge in [0.15, 0.2) is 5.11 Å². The number of thiocarbonyl (C=S) groups is 1. The smallest absolute Gasteiger partial charge is 0.249 e. The molecule has 100 valence electrons. The van der Waals surface area contributed by atoms with Gasteiger partial charge in [-0.15, -0.1) is 6.58 Å². The fraction of sp³-hybridized carbons (Fsp3) is 0.286. The van der Waals surface area contributed by atoms with Crippen molar-refractivity contribution < 1.29 is 9.53 Å². The van der Waals surface area contributed by atoms with Crippen LogP contribution in [0.15, 0.2) is 36.9 Å². The summed E-state index contributed by atoms with van der Waals surface area (Å²) in [5, 5.41) is 0.522. The molecule has 1 saturated heterocycles. The van der Waals surface area contributed by atoms with E-state index >= 15 is 0 Å². The van der Waals surface area contributed by atoms with Crippen LogP contribution in [0.1, 0.15) is 6.92 Å². The van der Waals surface area contributed by atoms with Gasteiger partial charge in [-0.25, -0.2) is 0 Å². The number of ether oxygens (including phenoxy) is 1. The first-order valence-electron chi connectivity index (χ1n) is 6.13. The van der Waals surface area contributed by atoms with E-state index < -0.39 is 0 Å². The average molecular weight is 276 g/mol. The fourth-order valence-corrected chi connectivity index (χ4v) is 2.29. The van der Waals surface area contributed by atoms with Gasteiger partial charge in [-0.05, 0) is 43.4 Å². The summed E-state index contributed by atoms with van der Waals surface area (Å²) in [7, 11) is 0. The van der Waals surface area contributed by atoms with Crippen molar-refractivity contribution in [1.29, 1.82) is 0 Å². The Morgan fingerprint density at radius 3 is 2.68 bits per heavy atom. The van der Waals surface area contributed by atoms with Crippen molar-refractivity contribution in [3.63, 3.8) is 0 Å². The molecule has 5 heteroatoms. The molecule has 0 spiro atoms. The molecule has 1 aromatic carbocycles. The number of rotatable bonds is 5. The third-order valence-electron chi connectivity index (χ3n) is 2.83. The lowest BCUT2D eigenvalue weighted by Gasteiger charge is -2.19. The molecule has 1 aliphatic heterocycles. The maximum absolute atomic E-state index is 11.9. The van der Waals surface area contributed by atoms with Crippen LogP contribution in [0.2, 0.25) is 0 Å². The first-order valence-corrected chi connectivity index (χ1v) is 6.53. The van der Waals surface area contributed by atoms with Crippen molar-refractivity contribution in [2.45, 2.75) is 6.92 Å². The van der Waals surface area contributed by atoms with Crippen molar-refractivity contribution >= 4 is 28.9 Å². The third kappa shape index (κ3) is 2.76. The zero-order chi connectivity index (χ0) is 13.8. The SMILES string of the molecule is C=CCN1C(=O)CN(c2ccc(OCC)cc2)C1=S. The van der Waals surface area contributed by atoms with E-state index in [0.29, 0.717) is 18.3 Å². The molecule has 0 aliphatic carbocycles. The van der Waals surface area contributed by atoms with Crippen LogP contribution in [0, 0.1) is 0 Å². The zero-order valence-corrected chi connectivity index (χ0v) is 11.7. The van der Waals surface area contributed by atoms with E-state index in [-0.39, 0.29) is 12.5 Å². The highest BCUT2D eigenvalue weighted by Crippen LogP contribution is 2.24. The van der Waals surface area contributed by atoms with E-state index in [9.17, 15) is 4.79 Å². The molecule has 2 rings (SSSR count). The van der Waals surface area contributed by atoms with E-state index in [1.165, 1.54) is 0 Å². The maximum Gasteiger partial charge on any atom is 0.249 e. The van der Waals surface area contributed by atoms with Crippen LogP contribution in [0.25, 0.3) is 0 Å². The Bertz CT molecular complexity index is 499. The van der Waals surface area contributed by atoms with Crippen molar-refractivity contribution in [2.24, 2.45) is 0 Å². The number of nitrogens with zero attached hydrogens (tertiary/aromatic N) is 2. The van der Waals surface area contributed by atoms with Gasteiger partial charge in [-0.3, -0.25) is 9.69 Å². The molecular weight excluding hydrogens is 260 g/mol. The Balaban J connectivity index is 2.16. The lowest BCUT2D eigenvalue weighted by Crippen LogP contribution is -2.32. The predicted octanol–water partition coefficient (Wildman–Crippen LogP) is 2.20. The number of hydrogen-bond acceptors (Lipinski definition) is 3. The molecule has 1 aromatic rings. The van der Waals surface area contributed by atoms with E-state index in [1.54, 1.807) is 11.0 Å². The minimum Gasteiger partial charge on any atom is -0.494 e. The molecule has 0 N–H and O–H groups in total. The van der Waals surface area contributed by atoms with Crippen LogP contribution >= 0.6 is 12.2 Å². The van der Waals surface area contributed by atoms with Crippen molar-refractivity contribution in [3.8, 4) is 5.75 Å². The Kier molecular flexibility index (Phi) is 4.16. The van der Waals surface area contributed by atoms with Gasteiger partial charge in [-0.1, -0.05) is 6.08 Å². The number of benzene rings is 1. The molecule has 4 nitrogen and oxygen atoms in total. The van der Waals surface area contributed by atoms with Gasteiger partial charge in [0.05, 0.1) is 6.61 Å². The second-order valence-electron chi connectivity index (χ2n) is 4.09. The summed E-state index contributed by atoms with van der Waals surface area (Å²) >= 11 is 5.32. The number of anilines is 1. The van der Waals surface area contributed by atoms with Crippen LogP contribution in [0.5, 0.6) is 5.75 Å². The molecule has 1 aliphatic rings. The minimum atomic E-state index is -0.00113. The van der Waals surface area contributed by atoms with Crippen molar-refractivity contribution in [3.05, 3.63) is 36.9 Å². The van der Waals surface area contributed by atoms with Crippen LogP contribution in [-0.4, -0.2) is 35.6 Å². The van der Waals surface area contributed by atoms with Crippen LogP contribution in [0.4, 0.5) is 5.69 Å². The summed E-state index contributed by atoms with van der Waals surface area (Å²) in [6, 6.07) is 7.56. The quantitative estimate of drug-likeness (QED) is 0.610. The lowest BCUT2D eigenvalue weighted by molar-refractivity contribution is -0.124. The molecule has 0 saturated carbocycles. The zero-order valence-electron chi connectivity index (χ0n) is 10.8. The van der Waals surface area contributed by atoms with E-state index in [0.717, 1.165) is 11.4 Å². The Labute approximate surface area is 118 Å². The Morgan fingerprint density at radius 1 is 1.42 bits per heavy atom. The molecule has 0 radical (unpaired) electrons. The molecule has 0 atom stereocenters. The first kappa shape index (κ1) is 13.5. The topological polar surface area (TPSA) is 32.8 Å². The highest BCUT2D eigenvalue weighted by atomic mass is 32.1. The summed E-state index contributed by atoms with van der Waals surface area (Å²) in [5.41, 5.74) is 0.897. The molecule has 1 heterocycles. The monoisotopic (exact) mass is 276 g/mol. The maximum atomic E-state index is 11.9. The second-order valence-corrected chi connectivity index (χ2v) is 4.45. The number of carbonyl (C=O) groups is 1. The van der Waals surface area contributed by atoms with Crippen LogP contribution in [-0.2, 0) is 4.79 Å². The molecule has 1 fully saturated rings. The van der Waals surface area contributed by atoms with Gasteiger partial charge in [0.25, 0.3) is 0 Å². The second kappa shape index (κ2) is 5.84. The minimum absolute atomic E-state index is 0.00113. The standard InChI is InChI=1S/C14H16N2O2S/c1-3-9-15-13(17)10-16(14(15)19)11-5-7-12(8-6-11)18-4-2/h3,5-8H,1,4,9-10H2,2H3. The Hall–Kier alpha value is -1.88. The molecule has 19 heavy (non-hydrogen) atoms. The third-order valence-corrected chi connectivity index (χ3v) is 3.27. The number of amides is 1. The molecule has 0 unspecified atom stereocenters. The molecule has 0 bridgehead atoms. The predicted molar refractivity (Wildman–Crippen MR) is 79.5 cm³/mol. The van der Waals surface area contributed by atoms with Crippen LogP contribution in [0.3, 0.4) is 0 Å². The molecule has 0 aromatic heterocycles. The summed E-state index contributed by atoms with van der Waals surface area (Å²) in [6.07, 6.45) is 1.67. The van der Waals surface area contributed by atoms with E-state index in [4.69, 9.17) is 17.0 Å². The van der Waals surface area contributed by atoms with Gasteiger partial charge in [0.1, 0.15) is 12.3 Å². The summed E-state index contributed by atoms with van der Waals surface area (Å²) in [4.78, 5) is 15.2. The summed E-state index contributed by atoms with van der Waals surface area (Å²) in [6.45, 7) is 6.93. The van der Waals surface area contributed by atoms with Crippen LogP contribution < -0.4 is 9.64 Å². The van der Waals surface area contributed by atoms with Gasteiger partial charge in [0.2, 0.25) is 5.91 Å². The Morgan fingerprint density at radius 2 is 2.11 bits per heavy atom. The van der Waals surface area contributed by atoms with Crippen molar-refractivity contribution in [1.82, 2.24) is 4.90 Å². The highest BCUT2D eigenvalue weighted by molar-refractivity contribution is 7.80. The fourth-order valence-electron chi connectivity index (χ4n) is 1.94. The summed E-state index contributed by atoms with van der Waals surface area (Å²) in [5.74, 6) is 0.810. The first-order chi connectivity index (χ1) is 9.17. The van der Waals surface area contributed by atoms with Gasteiger partial charge in [0, 0.05) is 12.2 Å².